The molecule has 2 aromatic rings. The quantitative estimate of drug-likeness (QED) is 0.789. The van der Waals surface area contributed by atoms with Crippen molar-refractivity contribution >= 4 is 5.91 Å². The first-order chi connectivity index (χ1) is 14.6. The van der Waals surface area contributed by atoms with Crippen LogP contribution in [-0.4, -0.2) is 69.5 Å². The standard InChI is InChI=1S/C23H32N4O3/c1-25-16-19(15-24-25)23-21(17-26-11-3-2-4-12-26)30-14-13-27(23)22(29)10-7-18-5-8-20(28)9-6-18/h5-6,8-9,15-16,21,23,28H,2-4,7,10-14,17H2,1H3/t21-,23-/m0/s1. The third kappa shape index (κ3) is 5.02. The highest BCUT2D eigenvalue weighted by atomic mass is 16.5. The summed E-state index contributed by atoms with van der Waals surface area (Å²) in [5, 5.41) is 13.8. The molecule has 3 heterocycles. The van der Waals surface area contributed by atoms with Crippen molar-refractivity contribution in [2.75, 3.05) is 32.8 Å². The Morgan fingerprint density at radius 3 is 2.63 bits per heavy atom. The molecule has 2 saturated heterocycles. The SMILES string of the molecule is Cn1cc([C@H]2[C@H](CN3CCCCC3)OCCN2C(=O)CCc2ccc(O)cc2)cn1. The molecule has 4 rings (SSSR count). The summed E-state index contributed by atoms with van der Waals surface area (Å²) in [6.07, 6.45) is 8.70. The number of phenolic OH excluding ortho intramolecular Hbond substituents is 1. The molecular weight excluding hydrogens is 380 g/mol. The Labute approximate surface area is 178 Å². The van der Waals surface area contributed by atoms with Gasteiger partial charge in [-0.15, -0.1) is 0 Å². The normalized spacial score (nSPS) is 22.9. The number of benzene rings is 1. The Hall–Kier alpha value is -2.38. The molecule has 2 aliphatic rings. The van der Waals surface area contributed by atoms with Crippen molar-refractivity contribution in [1.29, 1.82) is 0 Å². The fourth-order valence-corrected chi connectivity index (χ4v) is 4.61. The molecule has 7 heteroatoms. The molecule has 1 amide bonds. The highest BCUT2D eigenvalue weighted by molar-refractivity contribution is 5.77. The lowest BCUT2D eigenvalue weighted by Crippen LogP contribution is -2.52. The van der Waals surface area contributed by atoms with Crippen LogP contribution in [0.4, 0.5) is 0 Å². The minimum atomic E-state index is -0.110. The molecule has 1 aromatic heterocycles. The van der Waals surface area contributed by atoms with Crippen molar-refractivity contribution in [3.8, 4) is 5.75 Å². The number of likely N-dealkylation sites (tertiary alicyclic amines) is 1. The lowest BCUT2D eigenvalue weighted by molar-refractivity contribution is -0.148. The van der Waals surface area contributed by atoms with Gasteiger partial charge in [0.15, 0.2) is 0 Å². The second-order valence-corrected chi connectivity index (χ2v) is 8.42. The van der Waals surface area contributed by atoms with Crippen molar-refractivity contribution in [3.63, 3.8) is 0 Å². The minimum Gasteiger partial charge on any atom is -0.508 e. The largest absolute Gasteiger partial charge is 0.508 e. The number of morpholine rings is 1. The van der Waals surface area contributed by atoms with Crippen molar-refractivity contribution in [2.45, 2.75) is 44.2 Å². The van der Waals surface area contributed by atoms with Gasteiger partial charge in [-0.05, 0) is 50.0 Å². The number of piperidine rings is 1. The molecule has 2 fully saturated rings. The molecule has 0 aliphatic carbocycles. The summed E-state index contributed by atoms with van der Waals surface area (Å²) in [6.45, 7) is 4.23. The van der Waals surface area contributed by atoms with Crippen molar-refractivity contribution in [1.82, 2.24) is 19.6 Å². The van der Waals surface area contributed by atoms with Crippen LogP contribution in [0.3, 0.4) is 0 Å². The van der Waals surface area contributed by atoms with E-state index in [1.807, 2.05) is 36.5 Å². The van der Waals surface area contributed by atoms with Gasteiger partial charge in [0.05, 0.1) is 24.9 Å². The summed E-state index contributed by atoms with van der Waals surface area (Å²) in [5.41, 5.74) is 2.09. The smallest absolute Gasteiger partial charge is 0.223 e. The number of aromatic nitrogens is 2. The highest BCUT2D eigenvalue weighted by Crippen LogP contribution is 2.31. The lowest BCUT2D eigenvalue weighted by atomic mass is 9.98. The molecule has 7 nitrogen and oxygen atoms in total. The van der Waals surface area contributed by atoms with Crippen molar-refractivity contribution in [2.24, 2.45) is 7.05 Å². The molecule has 30 heavy (non-hydrogen) atoms. The van der Waals surface area contributed by atoms with Crippen LogP contribution in [0.25, 0.3) is 0 Å². The minimum absolute atomic E-state index is 0.0429. The zero-order valence-electron chi connectivity index (χ0n) is 17.7. The average Bonchev–Trinajstić information content (AvgIpc) is 3.19. The van der Waals surface area contributed by atoms with E-state index in [0.717, 1.165) is 30.8 Å². The molecule has 0 radical (unpaired) electrons. The van der Waals surface area contributed by atoms with Gasteiger partial charge in [-0.2, -0.15) is 5.10 Å². The predicted octanol–water partition coefficient (Wildman–Crippen LogP) is 2.51. The van der Waals surface area contributed by atoms with Crippen LogP contribution in [0.2, 0.25) is 0 Å². The third-order valence-corrected chi connectivity index (χ3v) is 6.19. The van der Waals surface area contributed by atoms with Gasteiger partial charge in [0.2, 0.25) is 5.91 Å². The molecule has 1 N–H and O–H groups in total. The molecular formula is C23H32N4O3. The number of nitrogens with zero attached hydrogens (tertiary/aromatic N) is 4. The number of aromatic hydroxyl groups is 1. The molecule has 0 unspecified atom stereocenters. The maximum Gasteiger partial charge on any atom is 0.223 e. The first kappa shape index (κ1) is 20.9. The number of carbonyl (C=O) groups is 1. The summed E-state index contributed by atoms with van der Waals surface area (Å²) in [7, 11) is 1.91. The number of ether oxygens (including phenoxy) is 1. The Morgan fingerprint density at radius 1 is 1.17 bits per heavy atom. The summed E-state index contributed by atoms with van der Waals surface area (Å²) in [6, 6.07) is 6.98. The van der Waals surface area contributed by atoms with Crippen LogP contribution in [0, 0.1) is 0 Å². The number of hydrogen-bond acceptors (Lipinski definition) is 5. The third-order valence-electron chi connectivity index (χ3n) is 6.19. The summed E-state index contributed by atoms with van der Waals surface area (Å²) in [5.74, 6) is 0.388. The average molecular weight is 413 g/mol. The number of phenols is 1. The lowest BCUT2D eigenvalue weighted by Gasteiger charge is -2.43. The molecule has 0 bridgehead atoms. The monoisotopic (exact) mass is 412 g/mol. The van der Waals surface area contributed by atoms with E-state index in [-0.39, 0.29) is 23.8 Å². The van der Waals surface area contributed by atoms with Crippen LogP contribution >= 0.6 is 0 Å². The zero-order chi connectivity index (χ0) is 20.9. The first-order valence-electron chi connectivity index (χ1n) is 11.0. The van der Waals surface area contributed by atoms with Crippen LogP contribution in [0.15, 0.2) is 36.7 Å². The maximum absolute atomic E-state index is 13.2. The van der Waals surface area contributed by atoms with E-state index in [1.54, 1.807) is 16.8 Å². The van der Waals surface area contributed by atoms with Gasteiger partial charge in [0, 0.05) is 38.3 Å². The van der Waals surface area contributed by atoms with Gasteiger partial charge in [-0.1, -0.05) is 18.6 Å². The second-order valence-electron chi connectivity index (χ2n) is 8.42. The van der Waals surface area contributed by atoms with Gasteiger partial charge in [-0.25, -0.2) is 0 Å². The van der Waals surface area contributed by atoms with Crippen molar-refractivity contribution < 1.29 is 14.6 Å². The van der Waals surface area contributed by atoms with Crippen LogP contribution in [-0.2, 0) is 23.0 Å². The number of rotatable bonds is 6. The maximum atomic E-state index is 13.2. The summed E-state index contributed by atoms with van der Waals surface area (Å²) >= 11 is 0. The van der Waals surface area contributed by atoms with E-state index in [4.69, 9.17) is 4.74 Å². The van der Waals surface area contributed by atoms with Crippen molar-refractivity contribution in [3.05, 3.63) is 47.8 Å². The molecule has 1 aromatic carbocycles. The molecule has 2 aliphatic heterocycles. The molecule has 0 spiro atoms. The van der Waals surface area contributed by atoms with E-state index in [9.17, 15) is 9.90 Å². The van der Waals surface area contributed by atoms with Gasteiger partial charge in [-0.3, -0.25) is 9.48 Å². The number of amides is 1. The predicted molar refractivity (Wildman–Crippen MR) is 114 cm³/mol. The fraction of sp³-hybridized carbons (Fsp3) is 0.565. The Bertz CT molecular complexity index is 829. The molecule has 0 saturated carbocycles. The van der Waals surface area contributed by atoms with Crippen LogP contribution in [0.1, 0.15) is 42.9 Å². The fourth-order valence-electron chi connectivity index (χ4n) is 4.61. The van der Waals surface area contributed by atoms with Gasteiger partial charge >= 0.3 is 0 Å². The molecule has 162 valence electrons. The van der Waals surface area contributed by atoms with Gasteiger partial charge < -0.3 is 19.6 Å². The number of aryl methyl sites for hydroxylation is 2. The first-order valence-corrected chi connectivity index (χ1v) is 11.0. The molecule has 2 atom stereocenters. The van der Waals surface area contributed by atoms with E-state index >= 15 is 0 Å². The van der Waals surface area contributed by atoms with Gasteiger partial charge in [0.25, 0.3) is 0 Å². The van der Waals surface area contributed by atoms with Gasteiger partial charge in [0.1, 0.15) is 5.75 Å². The van der Waals surface area contributed by atoms with E-state index in [0.29, 0.717) is 26.0 Å². The highest BCUT2D eigenvalue weighted by Gasteiger charge is 2.37. The van der Waals surface area contributed by atoms with E-state index in [2.05, 4.69) is 10.00 Å². The van der Waals surface area contributed by atoms with Crippen LogP contribution in [0.5, 0.6) is 5.75 Å². The Kier molecular flexibility index (Phi) is 6.69. The topological polar surface area (TPSA) is 70.8 Å². The summed E-state index contributed by atoms with van der Waals surface area (Å²) < 4.78 is 8.01. The van der Waals surface area contributed by atoms with E-state index in [1.165, 1.54) is 19.3 Å². The summed E-state index contributed by atoms with van der Waals surface area (Å²) in [4.78, 5) is 17.7. The van der Waals surface area contributed by atoms with E-state index < -0.39 is 0 Å². The second kappa shape index (κ2) is 9.62. The number of hydrogen-bond donors (Lipinski definition) is 1. The zero-order valence-corrected chi connectivity index (χ0v) is 17.7. The Balaban J connectivity index is 1.48. The Morgan fingerprint density at radius 2 is 1.93 bits per heavy atom. The van der Waals surface area contributed by atoms with Crippen LogP contribution < -0.4 is 0 Å². The number of carbonyl (C=O) groups excluding carboxylic acids is 1.